The molecule has 0 aromatic heterocycles. The van der Waals surface area contributed by atoms with E-state index in [-0.39, 0.29) is 12.2 Å². The van der Waals surface area contributed by atoms with E-state index in [1.54, 1.807) is 0 Å². The second-order valence-electron chi connectivity index (χ2n) is 4.74. The maximum Gasteiger partial charge on any atom is 0.315 e. The minimum Gasteiger partial charge on any atom is -0.459 e. The first-order chi connectivity index (χ1) is 7.93. The summed E-state index contributed by atoms with van der Waals surface area (Å²) in [7, 11) is 0. The molecule has 2 aliphatic rings. The number of nitrogens with zero attached hydrogens (tertiary/aromatic N) is 3. The topological polar surface area (TPSA) is 93.5 Å². The molecular weight excluding hydrogens is 226 g/mol. The van der Waals surface area contributed by atoms with E-state index in [2.05, 4.69) is 10.0 Å². The molecule has 0 bridgehead atoms. The second-order valence-corrected chi connectivity index (χ2v) is 4.74. The molecule has 17 heavy (non-hydrogen) atoms. The highest BCUT2D eigenvalue weighted by Crippen LogP contribution is 2.34. The van der Waals surface area contributed by atoms with Crippen LogP contribution in [0.5, 0.6) is 0 Å². The van der Waals surface area contributed by atoms with Crippen molar-refractivity contribution in [3.8, 4) is 0 Å². The largest absolute Gasteiger partial charge is 0.459 e. The molecule has 2 saturated heterocycles. The molecule has 0 radical (unpaired) electrons. The molecule has 2 aliphatic heterocycles. The maximum atomic E-state index is 11.4. The zero-order valence-corrected chi connectivity index (χ0v) is 9.99. The van der Waals surface area contributed by atoms with Crippen molar-refractivity contribution in [2.45, 2.75) is 57.3 Å². The van der Waals surface area contributed by atoms with Crippen LogP contribution in [-0.2, 0) is 19.0 Å². The Morgan fingerprint density at radius 3 is 2.71 bits per heavy atom. The summed E-state index contributed by atoms with van der Waals surface area (Å²) in [4.78, 5) is 14.0. The van der Waals surface area contributed by atoms with Crippen LogP contribution in [0.25, 0.3) is 10.4 Å². The van der Waals surface area contributed by atoms with E-state index >= 15 is 0 Å². The molecule has 0 amide bonds. The van der Waals surface area contributed by atoms with Crippen LogP contribution in [0.15, 0.2) is 5.11 Å². The molecule has 0 aliphatic carbocycles. The fraction of sp³-hybridized carbons (Fsp3) is 0.900. The van der Waals surface area contributed by atoms with Crippen molar-refractivity contribution >= 4 is 5.97 Å². The predicted molar refractivity (Wildman–Crippen MR) is 56.9 cm³/mol. The van der Waals surface area contributed by atoms with Gasteiger partial charge in [-0.1, -0.05) is 5.11 Å². The highest BCUT2D eigenvalue weighted by Gasteiger charge is 2.48. The van der Waals surface area contributed by atoms with Crippen LogP contribution in [0.4, 0.5) is 0 Å². The van der Waals surface area contributed by atoms with Crippen LogP contribution in [0.3, 0.4) is 0 Å². The van der Waals surface area contributed by atoms with Gasteiger partial charge in [0.1, 0.15) is 18.2 Å². The van der Waals surface area contributed by atoms with Gasteiger partial charge in [0.25, 0.3) is 0 Å². The highest BCUT2D eigenvalue weighted by atomic mass is 16.8. The molecule has 94 valence electrons. The van der Waals surface area contributed by atoms with E-state index in [4.69, 9.17) is 19.7 Å². The minimum absolute atomic E-state index is 0.160. The van der Waals surface area contributed by atoms with Crippen LogP contribution < -0.4 is 0 Å². The van der Waals surface area contributed by atoms with Gasteiger partial charge in [-0.2, -0.15) is 0 Å². The Hall–Kier alpha value is -1.30. The first kappa shape index (κ1) is 12.2. The monoisotopic (exact) mass is 241 g/mol. The number of esters is 1. The Balaban J connectivity index is 2.06. The van der Waals surface area contributed by atoms with E-state index in [0.717, 1.165) is 0 Å². The number of hydrogen-bond acceptors (Lipinski definition) is 5. The number of rotatable bonds is 2. The predicted octanol–water partition coefficient (Wildman–Crippen LogP) is 1.52. The zero-order valence-electron chi connectivity index (χ0n) is 9.99. The van der Waals surface area contributed by atoms with Crippen molar-refractivity contribution in [2.24, 2.45) is 5.11 Å². The Labute approximate surface area is 98.6 Å². The number of carbonyl (C=O) groups excluding carboxylic acids is 1. The molecule has 7 nitrogen and oxygen atoms in total. The van der Waals surface area contributed by atoms with Gasteiger partial charge in [-0.15, -0.1) is 0 Å². The summed E-state index contributed by atoms with van der Waals surface area (Å²) < 4.78 is 16.4. The summed E-state index contributed by atoms with van der Waals surface area (Å²) >= 11 is 0. The summed E-state index contributed by atoms with van der Waals surface area (Å²) in [5.74, 6) is -1.17. The molecular formula is C10H15N3O4. The second kappa shape index (κ2) is 4.18. The third kappa shape index (κ3) is 2.36. The summed E-state index contributed by atoms with van der Waals surface area (Å²) in [5.41, 5.74) is 8.33. The first-order valence-electron chi connectivity index (χ1n) is 5.53. The Morgan fingerprint density at radius 1 is 1.47 bits per heavy atom. The summed E-state index contributed by atoms with van der Waals surface area (Å²) in [6.45, 7) is 5.49. The molecule has 0 N–H and O–H groups in total. The number of hydrogen-bond donors (Lipinski definition) is 0. The molecule has 2 fully saturated rings. The Kier molecular flexibility index (Phi) is 2.99. The van der Waals surface area contributed by atoms with Crippen LogP contribution in [-0.4, -0.2) is 36.1 Å². The van der Waals surface area contributed by atoms with Crippen molar-refractivity contribution < 1.29 is 19.0 Å². The molecule has 7 heteroatoms. The highest BCUT2D eigenvalue weighted by molar-refractivity contribution is 5.78. The van der Waals surface area contributed by atoms with Crippen LogP contribution in [0.1, 0.15) is 27.2 Å². The number of azide groups is 1. The third-order valence-electron chi connectivity index (χ3n) is 2.90. The lowest BCUT2D eigenvalue weighted by Gasteiger charge is -2.20. The smallest absolute Gasteiger partial charge is 0.315 e. The summed E-state index contributed by atoms with van der Waals surface area (Å²) in [6.07, 6.45) is -0.535. The van der Waals surface area contributed by atoms with Gasteiger partial charge in [-0.05, 0) is 26.3 Å². The van der Waals surface area contributed by atoms with Gasteiger partial charge in [0.2, 0.25) is 0 Å². The fourth-order valence-electron chi connectivity index (χ4n) is 2.29. The third-order valence-corrected chi connectivity index (χ3v) is 2.90. The standard InChI is InChI=1S/C10H15N3O4/c1-5-8(17-10(2,3)16-5)7-4-6(12-13-11)9(14)15-7/h5-8H,4H2,1-3H3/t5-,6-,7-,8-/m1/s1. The first-order valence-corrected chi connectivity index (χ1v) is 5.53. The molecule has 4 atom stereocenters. The van der Waals surface area contributed by atoms with Gasteiger partial charge in [0, 0.05) is 11.3 Å². The molecule has 0 aromatic carbocycles. The van der Waals surface area contributed by atoms with E-state index < -0.39 is 23.9 Å². The lowest BCUT2D eigenvalue weighted by molar-refractivity contribution is -0.163. The molecule has 2 heterocycles. The summed E-state index contributed by atoms with van der Waals surface area (Å²) in [5, 5.41) is 3.40. The summed E-state index contributed by atoms with van der Waals surface area (Å²) in [6, 6.07) is -0.746. The SMILES string of the molecule is C[C@H]1OC(C)(C)O[C@H]1[C@H]1C[C@@H](N=[N+]=[N-])C(=O)O1. The molecule has 0 saturated carbocycles. The van der Waals surface area contributed by atoms with E-state index in [9.17, 15) is 4.79 Å². The van der Waals surface area contributed by atoms with Crippen LogP contribution >= 0.6 is 0 Å². The van der Waals surface area contributed by atoms with Crippen LogP contribution in [0, 0.1) is 0 Å². The van der Waals surface area contributed by atoms with Gasteiger partial charge in [-0.3, -0.25) is 4.79 Å². The van der Waals surface area contributed by atoms with E-state index in [1.807, 2.05) is 20.8 Å². The molecule has 0 unspecified atom stereocenters. The van der Waals surface area contributed by atoms with Gasteiger partial charge in [0.15, 0.2) is 5.79 Å². The van der Waals surface area contributed by atoms with Gasteiger partial charge >= 0.3 is 5.97 Å². The zero-order chi connectivity index (χ0) is 12.6. The maximum absolute atomic E-state index is 11.4. The number of carbonyl (C=O) groups is 1. The van der Waals surface area contributed by atoms with Crippen molar-refractivity contribution in [1.29, 1.82) is 0 Å². The average molecular weight is 241 g/mol. The lowest BCUT2D eigenvalue weighted by Crippen LogP contribution is -2.34. The minimum atomic E-state index is -0.746. The van der Waals surface area contributed by atoms with Gasteiger partial charge in [-0.25, -0.2) is 0 Å². The molecule has 0 spiro atoms. The molecule has 2 rings (SSSR count). The normalized spacial score (nSPS) is 39.8. The van der Waals surface area contributed by atoms with Crippen molar-refractivity contribution in [3.63, 3.8) is 0 Å². The molecule has 0 aromatic rings. The Morgan fingerprint density at radius 2 is 2.18 bits per heavy atom. The van der Waals surface area contributed by atoms with Crippen LogP contribution in [0.2, 0.25) is 0 Å². The van der Waals surface area contributed by atoms with Gasteiger partial charge < -0.3 is 14.2 Å². The van der Waals surface area contributed by atoms with Gasteiger partial charge in [0.05, 0.1) is 6.10 Å². The number of ether oxygens (including phenoxy) is 3. The lowest BCUT2D eigenvalue weighted by atomic mass is 10.1. The Bertz CT molecular complexity index is 378. The van der Waals surface area contributed by atoms with Crippen molar-refractivity contribution in [1.82, 2.24) is 0 Å². The van der Waals surface area contributed by atoms with Crippen molar-refractivity contribution in [2.75, 3.05) is 0 Å². The number of cyclic esters (lactones) is 1. The average Bonchev–Trinajstić information content (AvgIpc) is 2.68. The van der Waals surface area contributed by atoms with E-state index in [1.165, 1.54) is 0 Å². The van der Waals surface area contributed by atoms with E-state index in [0.29, 0.717) is 6.42 Å². The van der Waals surface area contributed by atoms with Crippen molar-refractivity contribution in [3.05, 3.63) is 10.4 Å². The quantitative estimate of drug-likeness (QED) is 0.317. The fourth-order valence-corrected chi connectivity index (χ4v) is 2.29.